The molecule has 0 saturated carbocycles. The van der Waals surface area contributed by atoms with Crippen molar-refractivity contribution in [2.45, 2.75) is 25.8 Å². The fraction of sp³-hybridized carbons (Fsp3) is 0.368. The normalized spacial score (nSPS) is 18.0. The van der Waals surface area contributed by atoms with Gasteiger partial charge >= 0.3 is 0 Å². The van der Waals surface area contributed by atoms with Crippen molar-refractivity contribution in [1.29, 1.82) is 0 Å². The van der Waals surface area contributed by atoms with Gasteiger partial charge in [-0.3, -0.25) is 9.78 Å². The Morgan fingerprint density at radius 3 is 2.70 bits per heavy atom. The molecule has 0 spiro atoms. The summed E-state index contributed by atoms with van der Waals surface area (Å²) >= 11 is 0. The average molecular weight is 309 g/mol. The molecule has 0 bridgehead atoms. The first-order chi connectivity index (χ1) is 11.2. The van der Waals surface area contributed by atoms with Crippen LogP contribution in [0.3, 0.4) is 0 Å². The maximum absolute atomic E-state index is 12.8. The van der Waals surface area contributed by atoms with Crippen molar-refractivity contribution in [3.8, 4) is 11.3 Å². The number of carbonyl (C=O) groups excluding carboxylic acids is 1. The van der Waals surface area contributed by atoms with E-state index in [1.807, 2.05) is 61.3 Å². The van der Waals surface area contributed by atoms with E-state index in [1.54, 1.807) is 0 Å². The van der Waals surface area contributed by atoms with Gasteiger partial charge in [0.25, 0.3) is 5.91 Å². The van der Waals surface area contributed by atoms with Gasteiger partial charge in [-0.15, -0.1) is 0 Å². The fourth-order valence-electron chi connectivity index (χ4n) is 3.12. The topological polar surface area (TPSA) is 45.2 Å². The maximum Gasteiger partial charge on any atom is 0.255 e. The van der Waals surface area contributed by atoms with Crippen LogP contribution in [0.2, 0.25) is 0 Å². The zero-order chi connectivity index (χ0) is 16.2. The van der Waals surface area contributed by atoms with E-state index < -0.39 is 0 Å². The van der Waals surface area contributed by atoms with E-state index in [4.69, 9.17) is 0 Å². The summed E-state index contributed by atoms with van der Waals surface area (Å²) < 4.78 is 0. The van der Waals surface area contributed by atoms with Crippen LogP contribution in [-0.4, -0.2) is 42.0 Å². The molecule has 3 rings (SSSR count). The standard InChI is InChI=1S/C19H23N3O/c1-14-17(19(23)22-12-6-9-16(13-22)20-2)10-11-18(21-14)15-7-4-3-5-8-15/h3-5,7-8,10-11,16,20H,6,9,12-13H2,1-2H3. The minimum Gasteiger partial charge on any atom is -0.337 e. The lowest BCUT2D eigenvalue weighted by molar-refractivity contribution is 0.0697. The predicted molar refractivity (Wildman–Crippen MR) is 92.4 cm³/mol. The minimum atomic E-state index is 0.0922. The Morgan fingerprint density at radius 2 is 2.00 bits per heavy atom. The van der Waals surface area contributed by atoms with Gasteiger partial charge in [-0.05, 0) is 38.9 Å². The largest absolute Gasteiger partial charge is 0.337 e. The smallest absolute Gasteiger partial charge is 0.255 e. The van der Waals surface area contributed by atoms with Crippen molar-refractivity contribution in [2.24, 2.45) is 0 Å². The Bertz CT molecular complexity index is 684. The van der Waals surface area contributed by atoms with E-state index in [2.05, 4.69) is 10.3 Å². The number of aromatic nitrogens is 1. The highest BCUT2D eigenvalue weighted by Crippen LogP contribution is 2.20. The molecule has 0 aliphatic carbocycles. The van der Waals surface area contributed by atoms with Gasteiger partial charge in [-0.25, -0.2) is 0 Å². The van der Waals surface area contributed by atoms with Crippen LogP contribution in [0.1, 0.15) is 28.9 Å². The van der Waals surface area contributed by atoms with Gasteiger partial charge in [0, 0.05) is 24.7 Å². The summed E-state index contributed by atoms with van der Waals surface area (Å²) in [6.07, 6.45) is 2.18. The number of piperidine rings is 1. The van der Waals surface area contributed by atoms with E-state index in [1.165, 1.54) is 0 Å². The zero-order valence-electron chi connectivity index (χ0n) is 13.7. The van der Waals surface area contributed by atoms with Crippen molar-refractivity contribution >= 4 is 5.91 Å². The summed E-state index contributed by atoms with van der Waals surface area (Å²) in [6.45, 7) is 3.52. The van der Waals surface area contributed by atoms with Gasteiger partial charge in [0.2, 0.25) is 0 Å². The van der Waals surface area contributed by atoms with Gasteiger partial charge in [0.05, 0.1) is 17.0 Å². The number of pyridine rings is 1. The first-order valence-electron chi connectivity index (χ1n) is 8.18. The minimum absolute atomic E-state index is 0.0922. The molecular weight excluding hydrogens is 286 g/mol. The molecule has 1 aliphatic rings. The van der Waals surface area contributed by atoms with Crippen LogP contribution in [0.5, 0.6) is 0 Å². The van der Waals surface area contributed by atoms with Crippen LogP contribution in [0.15, 0.2) is 42.5 Å². The van der Waals surface area contributed by atoms with Crippen molar-refractivity contribution in [2.75, 3.05) is 20.1 Å². The third-order valence-electron chi connectivity index (χ3n) is 4.50. The number of nitrogens with one attached hydrogen (secondary N) is 1. The second kappa shape index (κ2) is 6.92. The molecule has 1 unspecified atom stereocenters. The molecule has 2 heterocycles. The highest BCUT2D eigenvalue weighted by molar-refractivity contribution is 5.95. The van der Waals surface area contributed by atoms with Crippen LogP contribution in [0.4, 0.5) is 0 Å². The number of carbonyl (C=O) groups is 1. The van der Waals surface area contributed by atoms with E-state index in [0.717, 1.165) is 42.9 Å². The number of hydrogen-bond donors (Lipinski definition) is 1. The number of likely N-dealkylation sites (tertiary alicyclic amines) is 1. The molecule has 2 aromatic rings. The summed E-state index contributed by atoms with van der Waals surface area (Å²) in [5.41, 5.74) is 3.48. The molecule has 0 radical (unpaired) electrons. The third kappa shape index (κ3) is 3.42. The highest BCUT2D eigenvalue weighted by atomic mass is 16.2. The molecule has 4 nitrogen and oxygen atoms in total. The van der Waals surface area contributed by atoms with Crippen molar-refractivity contribution in [3.05, 3.63) is 53.7 Å². The summed E-state index contributed by atoms with van der Waals surface area (Å²) in [5, 5.41) is 3.28. The van der Waals surface area contributed by atoms with Crippen LogP contribution in [0.25, 0.3) is 11.3 Å². The Hall–Kier alpha value is -2.20. The number of rotatable bonds is 3. The lowest BCUT2D eigenvalue weighted by atomic mass is 10.0. The van der Waals surface area contributed by atoms with Gasteiger partial charge in [0.15, 0.2) is 0 Å². The molecule has 1 amide bonds. The van der Waals surface area contributed by atoms with Gasteiger partial charge in [-0.2, -0.15) is 0 Å². The van der Waals surface area contributed by atoms with E-state index in [0.29, 0.717) is 11.6 Å². The monoisotopic (exact) mass is 309 g/mol. The molecule has 120 valence electrons. The molecule has 1 aromatic heterocycles. The fourth-order valence-corrected chi connectivity index (χ4v) is 3.12. The number of likely N-dealkylation sites (N-methyl/N-ethyl adjacent to an activating group) is 1. The third-order valence-corrected chi connectivity index (χ3v) is 4.50. The Labute approximate surface area is 137 Å². The second-order valence-electron chi connectivity index (χ2n) is 6.07. The van der Waals surface area contributed by atoms with E-state index in [-0.39, 0.29) is 5.91 Å². The molecule has 1 aliphatic heterocycles. The number of amides is 1. The molecule has 1 aromatic carbocycles. The van der Waals surface area contributed by atoms with Crippen LogP contribution in [-0.2, 0) is 0 Å². The summed E-state index contributed by atoms with van der Waals surface area (Å²) in [6, 6.07) is 14.3. The summed E-state index contributed by atoms with van der Waals surface area (Å²) in [5.74, 6) is 0.0922. The first kappa shape index (κ1) is 15.7. The first-order valence-corrected chi connectivity index (χ1v) is 8.18. The van der Waals surface area contributed by atoms with Gasteiger partial charge in [-0.1, -0.05) is 30.3 Å². The molecule has 23 heavy (non-hydrogen) atoms. The molecule has 1 N–H and O–H groups in total. The van der Waals surface area contributed by atoms with E-state index >= 15 is 0 Å². The highest BCUT2D eigenvalue weighted by Gasteiger charge is 2.24. The van der Waals surface area contributed by atoms with Crippen molar-refractivity contribution in [3.63, 3.8) is 0 Å². The van der Waals surface area contributed by atoms with Crippen LogP contribution in [0, 0.1) is 6.92 Å². The van der Waals surface area contributed by atoms with E-state index in [9.17, 15) is 4.79 Å². The van der Waals surface area contributed by atoms with Crippen molar-refractivity contribution < 1.29 is 4.79 Å². The van der Waals surface area contributed by atoms with Crippen LogP contribution < -0.4 is 5.32 Å². The molecular formula is C19H23N3O. The second-order valence-corrected chi connectivity index (χ2v) is 6.07. The number of benzene rings is 1. The Balaban J connectivity index is 1.82. The molecule has 1 fully saturated rings. The lowest BCUT2D eigenvalue weighted by Crippen LogP contribution is -2.47. The van der Waals surface area contributed by atoms with Gasteiger partial charge in [0.1, 0.15) is 0 Å². The summed E-state index contributed by atoms with van der Waals surface area (Å²) in [4.78, 5) is 19.4. The molecule has 1 atom stereocenters. The number of aryl methyl sites for hydroxylation is 1. The SMILES string of the molecule is CNC1CCCN(C(=O)c2ccc(-c3ccccc3)nc2C)C1. The predicted octanol–water partition coefficient (Wildman–Crippen LogP) is 2.88. The van der Waals surface area contributed by atoms with Gasteiger partial charge < -0.3 is 10.2 Å². The molecule has 1 saturated heterocycles. The van der Waals surface area contributed by atoms with Crippen LogP contribution >= 0.6 is 0 Å². The van der Waals surface area contributed by atoms with Crippen molar-refractivity contribution in [1.82, 2.24) is 15.2 Å². The number of hydrogen-bond acceptors (Lipinski definition) is 3. The Kier molecular flexibility index (Phi) is 4.72. The lowest BCUT2D eigenvalue weighted by Gasteiger charge is -2.32. The quantitative estimate of drug-likeness (QED) is 0.948. The number of nitrogens with zero attached hydrogens (tertiary/aromatic N) is 2. The maximum atomic E-state index is 12.8. The zero-order valence-corrected chi connectivity index (χ0v) is 13.7. The Morgan fingerprint density at radius 1 is 1.22 bits per heavy atom. The average Bonchev–Trinajstić information content (AvgIpc) is 2.62. The molecule has 4 heteroatoms. The summed E-state index contributed by atoms with van der Waals surface area (Å²) in [7, 11) is 1.96.